The van der Waals surface area contributed by atoms with Crippen molar-refractivity contribution in [2.75, 3.05) is 0 Å². The number of hydrogen-bond acceptors (Lipinski definition) is 4. The molecule has 3 N–H and O–H groups in total. The SMILES string of the molecule is CC(C)NC(=O)NCc1nn[nH]n1. The minimum Gasteiger partial charge on any atom is -0.336 e. The first-order valence-electron chi connectivity index (χ1n) is 3.95. The molecular weight excluding hydrogens is 172 g/mol. The fraction of sp³-hybridized carbons (Fsp3) is 0.667. The predicted molar refractivity (Wildman–Crippen MR) is 44.7 cm³/mol. The van der Waals surface area contributed by atoms with Crippen LogP contribution >= 0.6 is 0 Å². The molecule has 0 bridgehead atoms. The number of rotatable bonds is 3. The monoisotopic (exact) mass is 184 g/mol. The van der Waals surface area contributed by atoms with Gasteiger partial charge in [0.25, 0.3) is 0 Å². The number of hydrogen-bond donors (Lipinski definition) is 3. The Morgan fingerprint density at radius 3 is 2.92 bits per heavy atom. The van der Waals surface area contributed by atoms with Gasteiger partial charge < -0.3 is 10.6 Å². The number of nitrogens with zero attached hydrogens (tertiary/aromatic N) is 3. The molecule has 0 radical (unpaired) electrons. The largest absolute Gasteiger partial charge is 0.336 e. The van der Waals surface area contributed by atoms with Gasteiger partial charge in [0, 0.05) is 6.04 Å². The zero-order valence-corrected chi connectivity index (χ0v) is 7.53. The molecule has 0 aromatic carbocycles. The van der Waals surface area contributed by atoms with E-state index in [4.69, 9.17) is 0 Å². The van der Waals surface area contributed by atoms with Crippen LogP contribution in [0.15, 0.2) is 0 Å². The number of aromatic nitrogens is 4. The van der Waals surface area contributed by atoms with Crippen LogP contribution in [0, 0.1) is 0 Å². The smallest absolute Gasteiger partial charge is 0.315 e. The summed E-state index contributed by atoms with van der Waals surface area (Å²) in [6.45, 7) is 4.04. The van der Waals surface area contributed by atoms with Crippen LogP contribution in [0.2, 0.25) is 0 Å². The lowest BCUT2D eigenvalue weighted by molar-refractivity contribution is 0.238. The molecule has 1 aromatic rings. The molecular formula is C6H12N6O. The minimum atomic E-state index is -0.236. The van der Waals surface area contributed by atoms with E-state index in [1.165, 1.54) is 0 Å². The molecule has 72 valence electrons. The van der Waals surface area contributed by atoms with E-state index in [9.17, 15) is 4.79 Å². The van der Waals surface area contributed by atoms with Crippen LogP contribution in [0.3, 0.4) is 0 Å². The van der Waals surface area contributed by atoms with Crippen molar-refractivity contribution in [3.8, 4) is 0 Å². The van der Waals surface area contributed by atoms with Crippen molar-refractivity contribution in [3.05, 3.63) is 5.82 Å². The third-order valence-corrected chi connectivity index (χ3v) is 1.22. The molecule has 0 atom stereocenters. The van der Waals surface area contributed by atoms with Crippen molar-refractivity contribution >= 4 is 6.03 Å². The molecule has 0 aliphatic heterocycles. The molecule has 0 unspecified atom stereocenters. The second kappa shape index (κ2) is 4.39. The summed E-state index contributed by atoms with van der Waals surface area (Å²) in [4.78, 5) is 11.0. The lowest BCUT2D eigenvalue weighted by atomic mass is 10.4. The van der Waals surface area contributed by atoms with E-state index in [1.807, 2.05) is 13.8 Å². The zero-order valence-electron chi connectivity index (χ0n) is 7.53. The molecule has 7 nitrogen and oxygen atoms in total. The number of carbonyl (C=O) groups excluding carboxylic acids is 1. The van der Waals surface area contributed by atoms with Gasteiger partial charge in [-0.05, 0) is 13.8 Å². The number of carbonyl (C=O) groups is 1. The van der Waals surface area contributed by atoms with Gasteiger partial charge in [-0.3, -0.25) is 0 Å². The van der Waals surface area contributed by atoms with Crippen molar-refractivity contribution in [3.63, 3.8) is 0 Å². The molecule has 1 aromatic heterocycles. The molecule has 0 aliphatic rings. The minimum absolute atomic E-state index is 0.116. The normalized spacial score (nSPS) is 10.1. The first-order chi connectivity index (χ1) is 6.18. The Morgan fingerprint density at radius 2 is 2.38 bits per heavy atom. The van der Waals surface area contributed by atoms with Gasteiger partial charge in [0.15, 0.2) is 5.82 Å². The maximum atomic E-state index is 11.0. The highest BCUT2D eigenvalue weighted by atomic mass is 16.2. The summed E-state index contributed by atoms with van der Waals surface area (Å²) in [6.07, 6.45) is 0. The van der Waals surface area contributed by atoms with Crippen LogP contribution < -0.4 is 10.6 Å². The third kappa shape index (κ3) is 3.50. The summed E-state index contributed by atoms with van der Waals surface area (Å²) >= 11 is 0. The van der Waals surface area contributed by atoms with Crippen molar-refractivity contribution in [2.24, 2.45) is 0 Å². The highest BCUT2D eigenvalue weighted by molar-refractivity contribution is 5.73. The number of tetrazole rings is 1. The van der Waals surface area contributed by atoms with Crippen molar-refractivity contribution in [1.82, 2.24) is 31.3 Å². The van der Waals surface area contributed by atoms with E-state index >= 15 is 0 Å². The van der Waals surface area contributed by atoms with Crippen molar-refractivity contribution in [2.45, 2.75) is 26.4 Å². The summed E-state index contributed by atoms with van der Waals surface area (Å²) in [5.41, 5.74) is 0. The number of H-pyrrole nitrogens is 1. The summed E-state index contributed by atoms with van der Waals surface area (Å²) in [5.74, 6) is 0.457. The van der Waals surface area contributed by atoms with E-state index in [1.54, 1.807) is 0 Å². The third-order valence-electron chi connectivity index (χ3n) is 1.22. The van der Waals surface area contributed by atoms with Gasteiger partial charge in [0.1, 0.15) is 0 Å². The molecule has 0 saturated heterocycles. The van der Waals surface area contributed by atoms with E-state index < -0.39 is 0 Å². The van der Waals surface area contributed by atoms with Crippen LogP contribution in [0.25, 0.3) is 0 Å². The first kappa shape index (κ1) is 9.43. The molecule has 1 rings (SSSR count). The maximum Gasteiger partial charge on any atom is 0.315 e. The predicted octanol–water partition coefficient (Wildman–Crippen LogP) is -0.593. The van der Waals surface area contributed by atoms with Gasteiger partial charge in [-0.2, -0.15) is 5.21 Å². The number of aromatic amines is 1. The van der Waals surface area contributed by atoms with Crippen molar-refractivity contribution < 1.29 is 4.79 Å². The number of amides is 2. The molecule has 2 amide bonds. The molecule has 13 heavy (non-hydrogen) atoms. The summed E-state index contributed by atoms with van der Waals surface area (Å²) in [7, 11) is 0. The van der Waals surface area contributed by atoms with Gasteiger partial charge in [0.2, 0.25) is 0 Å². The zero-order chi connectivity index (χ0) is 9.68. The Balaban J connectivity index is 2.23. The topological polar surface area (TPSA) is 95.6 Å². The average Bonchev–Trinajstić information content (AvgIpc) is 2.51. The molecule has 0 spiro atoms. The second-order valence-corrected chi connectivity index (χ2v) is 2.81. The Labute approximate surface area is 75.3 Å². The summed E-state index contributed by atoms with van der Waals surface area (Å²) in [5, 5.41) is 18.3. The van der Waals surface area contributed by atoms with Gasteiger partial charge >= 0.3 is 6.03 Å². The van der Waals surface area contributed by atoms with Gasteiger partial charge in [-0.25, -0.2) is 4.79 Å². The lowest BCUT2D eigenvalue weighted by Crippen LogP contribution is -2.39. The standard InChI is InChI=1S/C6H12N6O/c1-4(2)8-6(13)7-3-5-9-11-12-10-5/h4H,3H2,1-2H3,(H2,7,8,13)(H,9,10,11,12). The van der Waals surface area contributed by atoms with Crippen LogP contribution in [-0.4, -0.2) is 32.7 Å². The van der Waals surface area contributed by atoms with Crippen LogP contribution in [-0.2, 0) is 6.54 Å². The quantitative estimate of drug-likeness (QED) is 0.585. The van der Waals surface area contributed by atoms with Crippen LogP contribution in [0.5, 0.6) is 0 Å². The fourth-order valence-corrected chi connectivity index (χ4v) is 0.730. The average molecular weight is 184 g/mol. The van der Waals surface area contributed by atoms with Crippen LogP contribution in [0.1, 0.15) is 19.7 Å². The Bertz CT molecular complexity index is 256. The van der Waals surface area contributed by atoms with E-state index in [0.717, 1.165) is 0 Å². The van der Waals surface area contributed by atoms with Gasteiger partial charge in [-0.15, -0.1) is 10.2 Å². The van der Waals surface area contributed by atoms with Crippen LogP contribution in [0.4, 0.5) is 4.79 Å². The Kier molecular flexibility index (Phi) is 3.18. The van der Waals surface area contributed by atoms with E-state index in [-0.39, 0.29) is 18.6 Å². The highest BCUT2D eigenvalue weighted by Gasteiger charge is 2.03. The highest BCUT2D eigenvalue weighted by Crippen LogP contribution is 1.82. The molecule has 1 heterocycles. The second-order valence-electron chi connectivity index (χ2n) is 2.81. The molecule has 7 heteroatoms. The summed E-state index contributed by atoms with van der Waals surface area (Å²) < 4.78 is 0. The van der Waals surface area contributed by atoms with E-state index in [2.05, 4.69) is 31.3 Å². The molecule has 0 saturated carbocycles. The maximum absolute atomic E-state index is 11.0. The number of urea groups is 1. The lowest BCUT2D eigenvalue weighted by Gasteiger charge is -2.07. The molecule has 0 aliphatic carbocycles. The molecule has 0 fully saturated rings. The number of nitrogens with one attached hydrogen (secondary N) is 3. The van der Waals surface area contributed by atoms with Gasteiger partial charge in [-0.1, -0.05) is 5.21 Å². The van der Waals surface area contributed by atoms with Gasteiger partial charge in [0.05, 0.1) is 6.54 Å². The summed E-state index contributed by atoms with van der Waals surface area (Å²) in [6, 6.07) is -0.120. The fourth-order valence-electron chi connectivity index (χ4n) is 0.730. The Morgan fingerprint density at radius 1 is 1.62 bits per heavy atom. The first-order valence-corrected chi connectivity index (χ1v) is 3.95. The Hall–Kier alpha value is -1.66. The van der Waals surface area contributed by atoms with E-state index in [0.29, 0.717) is 5.82 Å². The van der Waals surface area contributed by atoms with Crippen molar-refractivity contribution in [1.29, 1.82) is 0 Å².